The molecule has 0 aromatic rings. The van der Waals surface area contributed by atoms with E-state index in [1.54, 1.807) is 0 Å². The molecule has 0 aromatic carbocycles. The highest BCUT2D eigenvalue weighted by molar-refractivity contribution is 6.60. The van der Waals surface area contributed by atoms with E-state index in [9.17, 15) is 0 Å². The van der Waals surface area contributed by atoms with Gasteiger partial charge in [-0.05, 0) is 40.5 Å². The lowest BCUT2D eigenvalue weighted by molar-refractivity contribution is 0.0321. The Balaban J connectivity index is 4.39. The minimum Gasteiger partial charge on any atom is -0.374 e. The molecule has 0 amide bonds. The molecule has 0 aromatic heterocycles. The fourth-order valence-corrected chi connectivity index (χ4v) is 4.96. The first kappa shape index (κ1) is 22.0. The van der Waals surface area contributed by atoms with Crippen molar-refractivity contribution in [1.29, 1.82) is 0 Å². The first-order chi connectivity index (χ1) is 10.7. The van der Waals surface area contributed by atoms with Gasteiger partial charge >= 0.3 is 8.80 Å². The van der Waals surface area contributed by atoms with E-state index in [0.29, 0.717) is 26.6 Å². The van der Waals surface area contributed by atoms with E-state index in [0.717, 1.165) is 32.2 Å². The molecule has 134 valence electrons. The summed E-state index contributed by atoms with van der Waals surface area (Å²) in [5, 5.41) is 0. The number of unbranched alkanes of at least 4 members (excludes halogenated alkanes) is 1. The number of rotatable bonds is 16. The molecule has 0 saturated heterocycles. The van der Waals surface area contributed by atoms with Crippen LogP contribution in [-0.2, 0) is 18.0 Å². The molecule has 6 heteroatoms. The Morgan fingerprint density at radius 1 is 0.727 bits per heavy atom. The second-order valence-corrected chi connectivity index (χ2v) is 7.91. The lowest BCUT2D eigenvalue weighted by Gasteiger charge is -2.29. The van der Waals surface area contributed by atoms with Crippen molar-refractivity contribution in [2.45, 2.75) is 59.9 Å². The summed E-state index contributed by atoms with van der Waals surface area (Å²) < 4.78 is 23.3. The number of nitrogens with zero attached hydrogens (tertiary/aromatic N) is 1. The van der Waals surface area contributed by atoms with Gasteiger partial charge in [-0.2, -0.15) is 0 Å². The highest BCUT2D eigenvalue weighted by Crippen LogP contribution is 2.18. The van der Waals surface area contributed by atoms with Gasteiger partial charge in [0.15, 0.2) is 0 Å². The van der Waals surface area contributed by atoms with Crippen LogP contribution < -0.4 is 0 Å². The van der Waals surface area contributed by atoms with Gasteiger partial charge in [0.25, 0.3) is 0 Å². The molecule has 0 heterocycles. The van der Waals surface area contributed by atoms with Crippen LogP contribution in [0.1, 0.15) is 53.9 Å². The molecule has 0 unspecified atom stereocenters. The minimum atomic E-state index is -2.49. The standard InChI is InChI=1S/C16H37NO4Si/c1-6-11-13-17(16-18-7-2)14-12-15-22(19-8-3,20-9-4)21-10-5/h6-16H2,1-5H3. The van der Waals surface area contributed by atoms with Crippen molar-refractivity contribution >= 4 is 8.80 Å². The number of ether oxygens (including phenoxy) is 1. The summed E-state index contributed by atoms with van der Waals surface area (Å²) in [7, 11) is -2.49. The molecule has 5 nitrogen and oxygen atoms in total. The average molecular weight is 336 g/mol. The lowest BCUT2D eigenvalue weighted by atomic mass is 10.3. The Morgan fingerprint density at radius 3 is 1.73 bits per heavy atom. The maximum absolute atomic E-state index is 5.90. The largest absolute Gasteiger partial charge is 0.500 e. The van der Waals surface area contributed by atoms with Gasteiger partial charge in [0.05, 0.1) is 6.73 Å². The molecule has 0 fully saturated rings. The van der Waals surface area contributed by atoms with Gasteiger partial charge in [-0.3, -0.25) is 4.90 Å². The van der Waals surface area contributed by atoms with E-state index in [1.807, 2.05) is 27.7 Å². The van der Waals surface area contributed by atoms with Crippen molar-refractivity contribution in [3.05, 3.63) is 0 Å². The zero-order valence-corrected chi connectivity index (χ0v) is 16.4. The van der Waals surface area contributed by atoms with Crippen LogP contribution in [0, 0.1) is 0 Å². The Hall–Kier alpha value is 0.0169. The fourth-order valence-electron chi connectivity index (χ4n) is 2.36. The van der Waals surface area contributed by atoms with E-state index in [2.05, 4.69) is 11.8 Å². The molecule has 0 aliphatic heterocycles. The summed E-state index contributed by atoms with van der Waals surface area (Å²) in [6.45, 7) is 15.8. The highest BCUT2D eigenvalue weighted by Gasteiger charge is 2.39. The second-order valence-electron chi connectivity index (χ2n) is 5.18. The van der Waals surface area contributed by atoms with Crippen LogP contribution in [0.3, 0.4) is 0 Å². The summed E-state index contributed by atoms with van der Waals surface area (Å²) >= 11 is 0. The zero-order chi connectivity index (χ0) is 16.7. The third-order valence-electron chi connectivity index (χ3n) is 3.36. The van der Waals surface area contributed by atoms with E-state index < -0.39 is 8.80 Å². The molecule has 0 saturated carbocycles. The first-order valence-corrected chi connectivity index (χ1v) is 10.8. The minimum absolute atomic E-state index is 0.644. The lowest BCUT2D eigenvalue weighted by Crippen LogP contribution is -2.46. The topological polar surface area (TPSA) is 40.2 Å². The van der Waals surface area contributed by atoms with Crippen molar-refractivity contribution in [1.82, 2.24) is 4.90 Å². The maximum atomic E-state index is 5.90. The van der Waals surface area contributed by atoms with Crippen LogP contribution in [0.25, 0.3) is 0 Å². The SMILES string of the molecule is CCCCN(CCC[Si](OCC)(OCC)OCC)COCC. The van der Waals surface area contributed by atoms with E-state index in [1.165, 1.54) is 12.8 Å². The molecule has 0 atom stereocenters. The van der Waals surface area contributed by atoms with Crippen molar-refractivity contribution in [3.8, 4) is 0 Å². The Morgan fingerprint density at radius 2 is 1.27 bits per heavy atom. The summed E-state index contributed by atoms with van der Waals surface area (Å²) in [5.74, 6) is 0. The average Bonchev–Trinajstić information content (AvgIpc) is 2.50. The summed E-state index contributed by atoms with van der Waals surface area (Å²) in [6, 6.07) is 0.872. The second kappa shape index (κ2) is 14.6. The van der Waals surface area contributed by atoms with Gasteiger partial charge in [0.1, 0.15) is 0 Å². The van der Waals surface area contributed by atoms with Crippen LogP contribution >= 0.6 is 0 Å². The van der Waals surface area contributed by atoms with E-state index in [-0.39, 0.29) is 0 Å². The summed E-state index contributed by atoms with van der Waals surface area (Å²) in [4.78, 5) is 2.37. The van der Waals surface area contributed by atoms with E-state index in [4.69, 9.17) is 18.0 Å². The Kier molecular flexibility index (Phi) is 14.6. The molecule has 0 spiro atoms. The third kappa shape index (κ3) is 9.92. The van der Waals surface area contributed by atoms with Crippen LogP contribution in [0.2, 0.25) is 6.04 Å². The predicted molar refractivity (Wildman–Crippen MR) is 93.0 cm³/mol. The van der Waals surface area contributed by atoms with Crippen LogP contribution in [-0.4, -0.2) is 60.0 Å². The molecular formula is C16H37NO4Si. The van der Waals surface area contributed by atoms with Crippen molar-refractivity contribution in [2.75, 3.05) is 46.2 Å². The Bertz CT molecular complexity index is 219. The van der Waals surface area contributed by atoms with Crippen molar-refractivity contribution in [3.63, 3.8) is 0 Å². The molecule has 0 aliphatic carbocycles. The normalized spacial score (nSPS) is 12.3. The fraction of sp³-hybridized carbons (Fsp3) is 1.00. The number of hydrogen-bond acceptors (Lipinski definition) is 5. The smallest absolute Gasteiger partial charge is 0.374 e. The Labute approximate surface area is 138 Å². The third-order valence-corrected chi connectivity index (χ3v) is 6.51. The molecule has 0 radical (unpaired) electrons. The van der Waals surface area contributed by atoms with Gasteiger partial charge in [0.2, 0.25) is 0 Å². The van der Waals surface area contributed by atoms with Gasteiger partial charge in [-0.15, -0.1) is 0 Å². The monoisotopic (exact) mass is 335 g/mol. The maximum Gasteiger partial charge on any atom is 0.500 e. The molecular weight excluding hydrogens is 298 g/mol. The van der Waals surface area contributed by atoms with E-state index >= 15 is 0 Å². The summed E-state index contributed by atoms with van der Waals surface area (Å²) in [5.41, 5.74) is 0. The highest BCUT2D eigenvalue weighted by atomic mass is 28.4. The van der Waals surface area contributed by atoms with Crippen molar-refractivity contribution in [2.24, 2.45) is 0 Å². The predicted octanol–water partition coefficient (Wildman–Crippen LogP) is 3.52. The molecule has 0 N–H and O–H groups in total. The van der Waals surface area contributed by atoms with Gasteiger partial charge < -0.3 is 18.0 Å². The molecule has 0 aliphatic rings. The zero-order valence-electron chi connectivity index (χ0n) is 15.4. The van der Waals surface area contributed by atoms with Crippen LogP contribution in [0.5, 0.6) is 0 Å². The quantitative estimate of drug-likeness (QED) is 0.319. The van der Waals surface area contributed by atoms with Crippen LogP contribution in [0.15, 0.2) is 0 Å². The van der Waals surface area contributed by atoms with Crippen LogP contribution in [0.4, 0.5) is 0 Å². The first-order valence-electron chi connectivity index (χ1n) is 8.89. The van der Waals surface area contributed by atoms with Gasteiger partial charge in [-0.1, -0.05) is 13.3 Å². The molecule has 0 rings (SSSR count). The van der Waals surface area contributed by atoms with Gasteiger partial charge in [-0.25, -0.2) is 0 Å². The summed E-state index contributed by atoms with van der Waals surface area (Å²) in [6.07, 6.45) is 3.43. The molecule has 22 heavy (non-hydrogen) atoms. The van der Waals surface area contributed by atoms with Crippen molar-refractivity contribution < 1.29 is 18.0 Å². The molecule has 0 bridgehead atoms. The van der Waals surface area contributed by atoms with Gasteiger partial charge in [0, 0.05) is 45.6 Å². The number of hydrogen-bond donors (Lipinski definition) is 0.